The summed E-state index contributed by atoms with van der Waals surface area (Å²) >= 11 is 3.44. The van der Waals surface area contributed by atoms with Gasteiger partial charge in [0.05, 0.1) is 11.1 Å². The van der Waals surface area contributed by atoms with Crippen LogP contribution in [0.1, 0.15) is 19.4 Å². The molecule has 3 heteroatoms. The van der Waals surface area contributed by atoms with E-state index in [4.69, 9.17) is 0 Å². The summed E-state index contributed by atoms with van der Waals surface area (Å²) in [6.45, 7) is 3.53. The molecule has 0 amide bonds. The van der Waals surface area contributed by atoms with E-state index in [-0.39, 0.29) is 0 Å². The molecule has 0 aliphatic rings. The first-order chi connectivity index (χ1) is 6.98. The van der Waals surface area contributed by atoms with Gasteiger partial charge >= 0.3 is 0 Å². The van der Waals surface area contributed by atoms with E-state index in [9.17, 15) is 5.11 Å². The van der Waals surface area contributed by atoms with Crippen LogP contribution in [-0.2, 0) is 5.60 Å². The van der Waals surface area contributed by atoms with Crippen molar-refractivity contribution in [1.82, 2.24) is 4.98 Å². The zero-order valence-electron chi connectivity index (χ0n) is 8.66. The minimum atomic E-state index is -0.879. The van der Waals surface area contributed by atoms with Gasteiger partial charge in [-0.25, -0.2) is 0 Å². The van der Waals surface area contributed by atoms with Crippen molar-refractivity contribution in [3.05, 3.63) is 40.5 Å². The summed E-state index contributed by atoms with van der Waals surface area (Å²) in [5.74, 6) is 0. The number of aliphatic hydroxyl groups is 1. The van der Waals surface area contributed by atoms with Crippen LogP contribution in [0.2, 0.25) is 0 Å². The Kier molecular flexibility index (Phi) is 2.52. The Bertz CT molecular complexity index is 502. The van der Waals surface area contributed by atoms with Crippen LogP contribution in [0.3, 0.4) is 0 Å². The third kappa shape index (κ3) is 2.03. The molecule has 0 saturated carbocycles. The van der Waals surface area contributed by atoms with Crippen molar-refractivity contribution in [3.63, 3.8) is 0 Å². The highest BCUT2D eigenvalue weighted by molar-refractivity contribution is 9.10. The molecule has 2 aromatic rings. The van der Waals surface area contributed by atoms with E-state index < -0.39 is 5.60 Å². The molecular formula is C12H12BrNO. The number of hydrogen-bond acceptors (Lipinski definition) is 2. The van der Waals surface area contributed by atoms with Crippen LogP contribution in [0.25, 0.3) is 10.9 Å². The molecule has 0 atom stereocenters. The molecule has 0 unspecified atom stereocenters. The quantitative estimate of drug-likeness (QED) is 0.859. The maximum Gasteiger partial charge on any atom is 0.0861 e. The molecule has 0 aliphatic carbocycles. The lowest BCUT2D eigenvalue weighted by Gasteiger charge is -2.19. The predicted octanol–water partition coefficient (Wildman–Crippen LogP) is 3.22. The van der Waals surface area contributed by atoms with E-state index in [1.165, 1.54) is 0 Å². The third-order valence-corrected chi connectivity index (χ3v) is 2.79. The Hall–Kier alpha value is -0.930. The molecule has 2 rings (SSSR count). The minimum absolute atomic E-state index is 0.840. The Balaban J connectivity index is 2.83. The molecule has 1 heterocycles. The summed E-state index contributed by atoms with van der Waals surface area (Å²) in [6, 6.07) is 7.79. The maximum absolute atomic E-state index is 10.1. The van der Waals surface area contributed by atoms with E-state index in [0.717, 1.165) is 20.9 Å². The van der Waals surface area contributed by atoms with Gasteiger partial charge in [0.1, 0.15) is 0 Å². The van der Waals surface area contributed by atoms with Gasteiger partial charge in [-0.3, -0.25) is 4.98 Å². The first-order valence-electron chi connectivity index (χ1n) is 4.75. The standard InChI is InChI=1S/C12H12BrNO/c1-12(2,15)10-7-9(13)6-8-4-3-5-14-11(8)10/h3-7,15H,1-2H3. The van der Waals surface area contributed by atoms with Crippen LogP contribution in [-0.4, -0.2) is 10.1 Å². The van der Waals surface area contributed by atoms with Crippen LogP contribution in [0.5, 0.6) is 0 Å². The second kappa shape index (κ2) is 3.58. The Morgan fingerprint density at radius 2 is 2.07 bits per heavy atom. The van der Waals surface area contributed by atoms with Crippen molar-refractivity contribution in [1.29, 1.82) is 0 Å². The highest BCUT2D eigenvalue weighted by atomic mass is 79.9. The summed E-state index contributed by atoms with van der Waals surface area (Å²) in [5.41, 5.74) is 0.816. The van der Waals surface area contributed by atoms with E-state index in [0.29, 0.717) is 0 Å². The predicted molar refractivity (Wildman–Crippen MR) is 64.7 cm³/mol. The fraction of sp³-hybridized carbons (Fsp3) is 0.250. The summed E-state index contributed by atoms with van der Waals surface area (Å²) in [7, 11) is 0. The number of benzene rings is 1. The molecule has 1 aromatic heterocycles. The fourth-order valence-corrected chi connectivity index (χ4v) is 2.10. The zero-order chi connectivity index (χ0) is 11.1. The second-order valence-electron chi connectivity index (χ2n) is 4.09. The molecule has 2 nitrogen and oxygen atoms in total. The Morgan fingerprint density at radius 1 is 1.33 bits per heavy atom. The molecule has 0 radical (unpaired) electrons. The SMILES string of the molecule is CC(C)(O)c1cc(Br)cc2cccnc12. The largest absolute Gasteiger partial charge is 0.386 e. The first kappa shape index (κ1) is 10.6. The molecule has 0 saturated heterocycles. The lowest BCUT2D eigenvalue weighted by molar-refractivity contribution is 0.0799. The molecular weight excluding hydrogens is 254 g/mol. The Labute approximate surface area is 97.1 Å². The van der Waals surface area contributed by atoms with Gasteiger partial charge < -0.3 is 5.11 Å². The lowest BCUT2D eigenvalue weighted by Crippen LogP contribution is -2.16. The Morgan fingerprint density at radius 3 is 2.73 bits per heavy atom. The monoisotopic (exact) mass is 265 g/mol. The molecule has 0 bridgehead atoms. The molecule has 1 N–H and O–H groups in total. The number of nitrogens with zero attached hydrogens (tertiary/aromatic N) is 1. The number of pyridine rings is 1. The van der Waals surface area contributed by atoms with Crippen molar-refractivity contribution in [2.75, 3.05) is 0 Å². The van der Waals surface area contributed by atoms with Crippen LogP contribution >= 0.6 is 15.9 Å². The van der Waals surface area contributed by atoms with E-state index in [1.54, 1.807) is 20.0 Å². The molecule has 1 aromatic carbocycles. The number of aromatic nitrogens is 1. The van der Waals surface area contributed by atoms with Gasteiger partial charge in [0.2, 0.25) is 0 Å². The topological polar surface area (TPSA) is 33.1 Å². The molecule has 15 heavy (non-hydrogen) atoms. The van der Waals surface area contributed by atoms with Crippen LogP contribution in [0, 0.1) is 0 Å². The molecule has 0 spiro atoms. The maximum atomic E-state index is 10.1. The van der Waals surface area contributed by atoms with E-state index in [1.807, 2.05) is 24.3 Å². The van der Waals surface area contributed by atoms with Gasteiger partial charge in [0.25, 0.3) is 0 Å². The van der Waals surface area contributed by atoms with Gasteiger partial charge in [-0.15, -0.1) is 0 Å². The highest BCUT2D eigenvalue weighted by Crippen LogP contribution is 2.30. The number of fused-ring (bicyclic) bond motifs is 1. The van der Waals surface area contributed by atoms with E-state index >= 15 is 0 Å². The summed E-state index contributed by atoms with van der Waals surface area (Å²) < 4.78 is 0.958. The van der Waals surface area contributed by atoms with Crippen LogP contribution < -0.4 is 0 Å². The fourth-order valence-electron chi connectivity index (χ4n) is 1.62. The average Bonchev–Trinajstić information content (AvgIpc) is 2.15. The zero-order valence-corrected chi connectivity index (χ0v) is 10.2. The van der Waals surface area contributed by atoms with Gasteiger partial charge in [-0.1, -0.05) is 22.0 Å². The number of hydrogen-bond donors (Lipinski definition) is 1. The van der Waals surface area contributed by atoms with Crippen LogP contribution in [0.15, 0.2) is 34.9 Å². The van der Waals surface area contributed by atoms with Crippen molar-refractivity contribution in [3.8, 4) is 0 Å². The van der Waals surface area contributed by atoms with Crippen molar-refractivity contribution in [2.24, 2.45) is 0 Å². The summed E-state index contributed by atoms with van der Waals surface area (Å²) in [4.78, 5) is 4.31. The first-order valence-corrected chi connectivity index (χ1v) is 5.55. The van der Waals surface area contributed by atoms with Crippen molar-refractivity contribution in [2.45, 2.75) is 19.4 Å². The van der Waals surface area contributed by atoms with Crippen LogP contribution in [0.4, 0.5) is 0 Å². The highest BCUT2D eigenvalue weighted by Gasteiger charge is 2.20. The van der Waals surface area contributed by atoms with Gasteiger partial charge in [-0.2, -0.15) is 0 Å². The van der Waals surface area contributed by atoms with Gasteiger partial charge in [-0.05, 0) is 32.0 Å². The normalized spacial score (nSPS) is 12.0. The average molecular weight is 266 g/mol. The number of halogens is 1. The number of rotatable bonds is 1. The molecule has 78 valence electrons. The minimum Gasteiger partial charge on any atom is -0.386 e. The van der Waals surface area contributed by atoms with Gasteiger partial charge in [0, 0.05) is 21.6 Å². The second-order valence-corrected chi connectivity index (χ2v) is 5.00. The lowest BCUT2D eigenvalue weighted by atomic mass is 9.95. The van der Waals surface area contributed by atoms with E-state index in [2.05, 4.69) is 20.9 Å². The summed E-state index contributed by atoms with van der Waals surface area (Å²) in [5, 5.41) is 11.1. The smallest absolute Gasteiger partial charge is 0.0861 e. The summed E-state index contributed by atoms with van der Waals surface area (Å²) in [6.07, 6.45) is 1.74. The van der Waals surface area contributed by atoms with Crippen molar-refractivity contribution >= 4 is 26.8 Å². The molecule has 0 fully saturated rings. The van der Waals surface area contributed by atoms with Gasteiger partial charge in [0.15, 0.2) is 0 Å². The molecule has 0 aliphatic heterocycles. The van der Waals surface area contributed by atoms with Crippen molar-refractivity contribution < 1.29 is 5.11 Å². The third-order valence-electron chi connectivity index (χ3n) is 2.33.